The molecule has 0 spiro atoms. The molecule has 12 heteroatoms. The van der Waals surface area contributed by atoms with Gasteiger partial charge in [-0.15, -0.1) is 11.8 Å². The molecule has 2 aromatic rings. The number of aryl methyl sites for hydroxylation is 1. The van der Waals surface area contributed by atoms with Crippen molar-refractivity contribution in [2.75, 3.05) is 12.4 Å². The Kier molecular flexibility index (Phi) is 6.35. The predicted octanol–water partition coefficient (Wildman–Crippen LogP) is 2.26. The van der Waals surface area contributed by atoms with Gasteiger partial charge in [0.25, 0.3) is 11.6 Å². The van der Waals surface area contributed by atoms with E-state index in [0.29, 0.717) is 21.1 Å². The molecule has 2 aliphatic rings. The van der Waals surface area contributed by atoms with E-state index in [1.807, 2.05) is 0 Å². The lowest BCUT2D eigenvalue weighted by Gasteiger charge is -2.37. The number of benzene rings is 1. The third-order valence-electron chi connectivity index (χ3n) is 4.70. The van der Waals surface area contributed by atoms with Crippen LogP contribution in [-0.2, 0) is 28.0 Å². The summed E-state index contributed by atoms with van der Waals surface area (Å²) < 4.78 is 7.65. The fourth-order valence-electron chi connectivity index (χ4n) is 3.20. The van der Waals surface area contributed by atoms with Gasteiger partial charge in [-0.25, -0.2) is 4.79 Å². The molecule has 2 aliphatic heterocycles. The van der Waals surface area contributed by atoms with Crippen molar-refractivity contribution < 1.29 is 24.4 Å². The Labute approximate surface area is 191 Å². The maximum absolute atomic E-state index is 12.9. The molecule has 166 valence electrons. The highest BCUT2D eigenvalue weighted by Crippen LogP contribution is 2.53. The number of aliphatic hydroxyl groups excluding tert-OH is 1. The molecular weight excluding hydrogens is 456 g/mol. The lowest BCUT2D eigenvalue weighted by atomic mass is 10.0. The summed E-state index contributed by atoms with van der Waals surface area (Å²) in [5.41, 5.74) is 2.04. The molecule has 1 amide bonds. The second kappa shape index (κ2) is 9.18. The zero-order valence-corrected chi connectivity index (χ0v) is 18.5. The average molecular weight is 475 g/mol. The van der Waals surface area contributed by atoms with Gasteiger partial charge in [-0.2, -0.15) is 5.10 Å². The largest absolute Gasteiger partial charge is 0.456 e. The molecule has 1 unspecified atom stereocenters. The van der Waals surface area contributed by atoms with Crippen LogP contribution in [0.1, 0.15) is 11.1 Å². The monoisotopic (exact) mass is 474 g/mol. The number of amides is 1. The van der Waals surface area contributed by atoms with Gasteiger partial charge < -0.3 is 9.84 Å². The Balaban J connectivity index is 1.50. The number of aromatic nitrogens is 2. The summed E-state index contributed by atoms with van der Waals surface area (Å²) in [5, 5.41) is 23.7. The Bertz CT molecular complexity index is 1140. The maximum atomic E-state index is 12.9. The third-order valence-corrected chi connectivity index (χ3v) is 7.28. The molecule has 0 radical (unpaired) electrons. The van der Waals surface area contributed by atoms with E-state index in [4.69, 9.17) is 4.74 Å². The molecule has 1 atom stereocenters. The highest BCUT2D eigenvalue weighted by atomic mass is 32.2. The van der Waals surface area contributed by atoms with Crippen molar-refractivity contribution in [3.8, 4) is 0 Å². The SMILES string of the molecule is Cn1cc(/C=C2/C(=O)N3C(C(=O)OCc4ccc([N+](=O)[O-])cc4)=C(SCCO)SC23)cn1. The lowest BCUT2D eigenvalue weighted by Crippen LogP contribution is -2.51. The second-order valence-corrected chi connectivity index (χ2v) is 9.35. The molecule has 32 heavy (non-hydrogen) atoms. The van der Waals surface area contributed by atoms with E-state index in [2.05, 4.69) is 5.10 Å². The van der Waals surface area contributed by atoms with Crippen LogP contribution < -0.4 is 0 Å². The van der Waals surface area contributed by atoms with Crippen molar-refractivity contribution in [2.24, 2.45) is 7.05 Å². The number of non-ortho nitro benzene ring substituents is 1. The van der Waals surface area contributed by atoms with Crippen LogP contribution in [-0.4, -0.2) is 54.3 Å². The standard InChI is InChI=1S/C20H18N4O6S2/c1-22-10-13(9-21-22)8-15-17(26)23-16(20(31-7-6-25)32-18(15)23)19(27)30-11-12-2-4-14(5-3-12)24(28)29/h2-5,8-10,18,25H,6-7,11H2,1H3/b15-8-. The summed E-state index contributed by atoms with van der Waals surface area (Å²) in [5.74, 6) is -0.571. The van der Waals surface area contributed by atoms with Gasteiger partial charge in [-0.1, -0.05) is 11.8 Å². The molecule has 1 aromatic heterocycles. The van der Waals surface area contributed by atoms with Gasteiger partial charge in [0.1, 0.15) is 12.0 Å². The molecule has 1 fully saturated rings. The fraction of sp³-hybridized carbons (Fsp3) is 0.250. The normalized spacial score (nSPS) is 18.7. The Morgan fingerprint density at radius 3 is 2.78 bits per heavy atom. The first-order chi connectivity index (χ1) is 15.4. The number of carbonyl (C=O) groups is 2. The molecule has 4 rings (SSSR count). The van der Waals surface area contributed by atoms with Crippen LogP contribution in [0.3, 0.4) is 0 Å². The van der Waals surface area contributed by atoms with E-state index in [1.165, 1.54) is 52.7 Å². The van der Waals surface area contributed by atoms with Crippen LogP contribution in [0.4, 0.5) is 5.69 Å². The average Bonchev–Trinajstić information content (AvgIpc) is 3.35. The van der Waals surface area contributed by atoms with Gasteiger partial charge in [0.15, 0.2) is 5.70 Å². The molecule has 0 aliphatic carbocycles. The number of hydrogen-bond donors (Lipinski definition) is 1. The highest BCUT2D eigenvalue weighted by molar-refractivity contribution is 8.22. The minimum atomic E-state index is -0.660. The zero-order valence-electron chi connectivity index (χ0n) is 16.8. The number of β-lactam (4-membered cyclic amide) rings is 1. The molecule has 0 saturated carbocycles. The van der Waals surface area contributed by atoms with E-state index >= 15 is 0 Å². The summed E-state index contributed by atoms with van der Waals surface area (Å²) in [6.07, 6.45) is 5.19. The number of nitro groups is 1. The number of nitro benzene ring substituents is 1. The van der Waals surface area contributed by atoms with Gasteiger partial charge in [-0.3, -0.25) is 24.5 Å². The first kappa shape index (κ1) is 22.1. The summed E-state index contributed by atoms with van der Waals surface area (Å²) in [6.45, 7) is -0.162. The van der Waals surface area contributed by atoms with Gasteiger partial charge >= 0.3 is 5.97 Å². The number of fused-ring (bicyclic) bond motifs is 1. The van der Waals surface area contributed by atoms with Crippen LogP contribution in [0.2, 0.25) is 0 Å². The van der Waals surface area contributed by atoms with Gasteiger partial charge in [0.2, 0.25) is 0 Å². The highest BCUT2D eigenvalue weighted by Gasteiger charge is 2.53. The van der Waals surface area contributed by atoms with Gasteiger partial charge in [0.05, 0.1) is 27.5 Å². The van der Waals surface area contributed by atoms with Crippen LogP contribution in [0.15, 0.2) is 52.2 Å². The fourth-order valence-corrected chi connectivity index (χ4v) is 5.68. The first-order valence-electron chi connectivity index (χ1n) is 9.48. The summed E-state index contributed by atoms with van der Waals surface area (Å²) >= 11 is 2.66. The van der Waals surface area contributed by atoms with E-state index in [0.717, 1.165) is 5.56 Å². The number of rotatable bonds is 8. The van der Waals surface area contributed by atoms with Crippen molar-refractivity contribution >= 4 is 47.2 Å². The molecule has 0 bridgehead atoms. The molecule has 3 heterocycles. The number of hydrogen-bond acceptors (Lipinski definition) is 9. The maximum Gasteiger partial charge on any atom is 0.357 e. The van der Waals surface area contributed by atoms with E-state index in [1.54, 1.807) is 30.2 Å². The van der Waals surface area contributed by atoms with Gasteiger partial charge in [-0.05, 0) is 23.8 Å². The minimum absolute atomic E-state index is 0.0559. The van der Waals surface area contributed by atoms with Crippen molar-refractivity contribution in [2.45, 2.75) is 12.0 Å². The molecular formula is C20H18N4O6S2. The van der Waals surface area contributed by atoms with Crippen molar-refractivity contribution in [3.63, 3.8) is 0 Å². The Morgan fingerprint density at radius 2 is 2.16 bits per heavy atom. The number of esters is 1. The number of ether oxygens (including phenoxy) is 1. The van der Waals surface area contributed by atoms with Crippen molar-refractivity contribution in [1.82, 2.24) is 14.7 Å². The number of nitrogens with zero attached hydrogens (tertiary/aromatic N) is 4. The number of aliphatic hydroxyl groups is 1. The Hall–Kier alpha value is -3.09. The molecule has 10 nitrogen and oxygen atoms in total. The second-order valence-electron chi connectivity index (χ2n) is 6.90. The number of thioether (sulfide) groups is 2. The van der Waals surface area contributed by atoms with E-state index in [9.17, 15) is 24.8 Å². The van der Waals surface area contributed by atoms with Crippen LogP contribution in [0.25, 0.3) is 6.08 Å². The van der Waals surface area contributed by atoms with Crippen LogP contribution >= 0.6 is 23.5 Å². The van der Waals surface area contributed by atoms with Gasteiger partial charge in [0, 0.05) is 36.7 Å². The van der Waals surface area contributed by atoms with E-state index < -0.39 is 10.9 Å². The van der Waals surface area contributed by atoms with E-state index in [-0.39, 0.29) is 35.9 Å². The van der Waals surface area contributed by atoms with Crippen molar-refractivity contribution in [1.29, 1.82) is 0 Å². The molecule has 1 N–H and O–H groups in total. The zero-order chi connectivity index (χ0) is 22.8. The molecule has 1 saturated heterocycles. The first-order valence-corrected chi connectivity index (χ1v) is 11.3. The smallest absolute Gasteiger partial charge is 0.357 e. The minimum Gasteiger partial charge on any atom is -0.456 e. The van der Waals surface area contributed by atoms with Crippen LogP contribution in [0.5, 0.6) is 0 Å². The third kappa shape index (κ3) is 4.29. The van der Waals surface area contributed by atoms with Crippen LogP contribution in [0, 0.1) is 10.1 Å². The predicted molar refractivity (Wildman–Crippen MR) is 119 cm³/mol. The lowest BCUT2D eigenvalue weighted by molar-refractivity contribution is -0.384. The quantitative estimate of drug-likeness (QED) is 0.201. The summed E-state index contributed by atoms with van der Waals surface area (Å²) in [6, 6.07) is 5.69. The topological polar surface area (TPSA) is 128 Å². The summed E-state index contributed by atoms with van der Waals surface area (Å²) in [4.78, 5) is 37.4. The molecule has 1 aromatic carbocycles. The number of carbonyl (C=O) groups excluding carboxylic acids is 2. The van der Waals surface area contributed by atoms with Crippen molar-refractivity contribution in [3.05, 3.63) is 73.4 Å². The summed E-state index contributed by atoms with van der Waals surface area (Å²) in [7, 11) is 1.78. The Morgan fingerprint density at radius 1 is 1.41 bits per heavy atom.